The van der Waals surface area contributed by atoms with Gasteiger partial charge in [0.25, 0.3) is 5.91 Å². The zero-order valence-electron chi connectivity index (χ0n) is 14.0. The lowest BCUT2D eigenvalue weighted by molar-refractivity contribution is -0.0600. The summed E-state index contributed by atoms with van der Waals surface area (Å²) in [5.41, 5.74) is -0.0638. The molecule has 2 aliphatic rings. The number of piperidine rings is 2. The molecule has 2 saturated heterocycles. The highest BCUT2D eigenvalue weighted by atomic mass is 19.1. The molecule has 2 heterocycles. The van der Waals surface area contributed by atoms with Crippen molar-refractivity contribution in [1.29, 1.82) is 0 Å². The summed E-state index contributed by atoms with van der Waals surface area (Å²) in [6.07, 6.45) is 4.11. The van der Waals surface area contributed by atoms with Gasteiger partial charge in [-0.25, -0.2) is 8.78 Å². The van der Waals surface area contributed by atoms with E-state index in [1.807, 2.05) is 0 Å². The van der Waals surface area contributed by atoms with Crippen LogP contribution >= 0.6 is 0 Å². The Bertz CT molecular complexity index is 580. The molecule has 1 aromatic rings. The number of ether oxygens (including phenoxy) is 1. The van der Waals surface area contributed by atoms with Crippen LogP contribution in [0.1, 0.15) is 36.0 Å². The first-order valence-corrected chi connectivity index (χ1v) is 8.61. The topological polar surface area (TPSA) is 32.8 Å². The van der Waals surface area contributed by atoms with Crippen LogP contribution in [0.15, 0.2) is 18.2 Å². The van der Waals surface area contributed by atoms with Gasteiger partial charge in [-0.2, -0.15) is 0 Å². The maximum atomic E-state index is 13.8. The van der Waals surface area contributed by atoms with Gasteiger partial charge in [0.1, 0.15) is 11.6 Å². The van der Waals surface area contributed by atoms with E-state index in [1.165, 1.54) is 6.07 Å². The molecule has 2 aliphatic heterocycles. The Morgan fingerprint density at radius 1 is 1.04 bits per heavy atom. The van der Waals surface area contributed by atoms with Crippen molar-refractivity contribution >= 4 is 5.91 Å². The number of nitrogens with zero attached hydrogens (tertiary/aromatic N) is 2. The van der Waals surface area contributed by atoms with Crippen LogP contribution in [-0.2, 0) is 4.74 Å². The quantitative estimate of drug-likeness (QED) is 0.849. The van der Waals surface area contributed by atoms with Gasteiger partial charge in [-0.05, 0) is 44.9 Å². The zero-order valence-corrected chi connectivity index (χ0v) is 14.0. The Morgan fingerprint density at radius 2 is 1.62 bits per heavy atom. The van der Waals surface area contributed by atoms with Crippen molar-refractivity contribution in [2.24, 2.45) is 0 Å². The standard InChI is InChI=1S/C18H24F2N2O2/c1-21-8-4-14(5-9-21)24-15-6-10-22(11-7-15)18(23)16-3-2-13(19)12-17(16)20/h2-3,12,14-15H,4-11H2,1H3. The van der Waals surface area contributed by atoms with Crippen LogP contribution < -0.4 is 0 Å². The van der Waals surface area contributed by atoms with Gasteiger partial charge in [0.15, 0.2) is 0 Å². The summed E-state index contributed by atoms with van der Waals surface area (Å²) in [6, 6.07) is 3.09. The summed E-state index contributed by atoms with van der Waals surface area (Å²) >= 11 is 0. The fraction of sp³-hybridized carbons (Fsp3) is 0.611. The normalized spacial score (nSPS) is 21.2. The van der Waals surface area contributed by atoms with Crippen LogP contribution in [0.5, 0.6) is 0 Å². The first kappa shape index (κ1) is 17.3. The first-order valence-electron chi connectivity index (χ1n) is 8.61. The molecule has 0 bridgehead atoms. The average Bonchev–Trinajstić information content (AvgIpc) is 2.57. The maximum absolute atomic E-state index is 13.8. The fourth-order valence-corrected chi connectivity index (χ4v) is 3.42. The minimum absolute atomic E-state index is 0.0638. The Kier molecular flexibility index (Phi) is 5.46. The van der Waals surface area contributed by atoms with Crippen molar-refractivity contribution < 1.29 is 18.3 Å². The molecule has 2 fully saturated rings. The van der Waals surface area contributed by atoms with Crippen molar-refractivity contribution in [2.75, 3.05) is 33.2 Å². The van der Waals surface area contributed by atoms with E-state index in [0.29, 0.717) is 19.2 Å². The predicted octanol–water partition coefficient (Wildman–Crippen LogP) is 2.68. The second-order valence-electron chi connectivity index (χ2n) is 6.75. The summed E-state index contributed by atoms with van der Waals surface area (Å²) < 4.78 is 32.9. The third-order valence-electron chi connectivity index (χ3n) is 4.94. The Balaban J connectivity index is 1.50. The summed E-state index contributed by atoms with van der Waals surface area (Å²) in [5.74, 6) is -1.84. The van der Waals surface area contributed by atoms with Crippen molar-refractivity contribution in [1.82, 2.24) is 9.80 Å². The number of carbonyl (C=O) groups excluding carboxylic acids is 1. The number of carbonyl (C=O) groups is 1. The largest absolute Gasteiger partial charge is 0.375 e. The van der Waals surface area contributed by atoms with E-state index in [4.69, 9.17) is 4.74 Å². The van der Waals surface area contributed by atoms with Crippen LogP contribution in [0.3, 0.4) is 0 Å². The smallest absolute Gasteiger partial charge is 0.256 e. The number of hydrogen-bond acceptors (Lipinski definition) is 3. The molecular weight excluding hydrogens is 314 g/mol. The van der Waals surface area contributed by atoms with Crippen molar-refractivity contribution in [2.45, 2.75) is 37.9 Å². The monoisotopic (exact) mass is 338 g/mol. The summed E-state index contributed by atoms with van der Waals surface area (Å²) in [5, 5.41) is 0. The van der Waals surface area contributed by atoms with Gasteiger partial charge >= 0.3 is 0 Å². The van der Waals surface area contributed by atoms with Crippen LogP contribution in [0.25, 0.3) is 0 Å². The van der Waals surface area contributed by atoms with Gasteiger partial charge < -0.3 is 14.5 Å². The molecular formula is C18H24F2N2O2. The van der Waals surface area contributed by atoms with E-state index in [9.17, 15) is 13.6 Å². The molecule has 3 rings (SSSR count). The van der Waals surface area contributed by atoms with E-state index >= 15 is 0 Å². The zero-order chi connectivity index (χ0) is 17.1. The third-order valence-corrected chi connectivity index (χ3v) is 4.94. The minimum atomic E-state index is -0.801. The van der Waals surface area contributed by atoms with Gasteiger partial charge in [-0.3, -0.25) is 4.79 Å². The SMILES string of the molecule is CN1CCC(OC2CCN(C(=O)c3ccc(F)cc3F)CC2)CC1. The third kappa shape index (κ3) is 4.11. The number of rotatable bonds is 3. The molecule has 24 heavy (non-hydrogen) atoms. The fourth-order valence-electron chi connectivity index (χ4n) is 3.42. The molecule has 0 atom stereocenters. The van der Waals surface area contributed by atoms with Crippen LogP contribution in [0.2, 0.25) is 0 Å². The van der Waals surface area contributed by atoms with Gasteiger partial charge in [-0.1, -0.05) is 0 Å². The van der Waals surface area contributed by atoms with E-state index in [0.717, 1.165) is 50.9 Å². The molecule has 0 N–H and O–H groups in total. The first-order chi connectivity index (χ1) is 11.5. The molecule has 0 aliphatic carbocycles. The molecule has 6 heteroatoms. The molecule has 1 aromatic carbocycles. The van der Waals surface area contributed by atoms with Gasteiger partial charge in [-0.15, -0.1) is 0 Å². The Morgan fingerprint density at radius 3 is 2.21 bits per heavy atom. The Labute approximate surface area is 141 Å². The van der Waals surface area contributed by atoms with Gasteiger partial charge in [0.2, 0.25) is 0 Å². The second kappa shape index (κ2) is 7.57. The number of hydrogen-bond donors (Lipinski definition) is 0. The lowest BCUT2D eigenvalue weighted by Gasteiger charge is -2.36. The molecule has 0 saturated carbocycles. The number of halogens is 2. The second-order valence-corrected chi connectivity index (χ2v) is 6.75. The molecule has 0 aromatic heterocycles. The molecule has 4 nitrogen and oxygen atoms in total. The molecule has 1 amide bonds. The molecule has 0 unspecified atom stereocenters. The molecule has 0 radical (unpaired) electrons. The van der Waals surface area contributed by atoms with Gasteiger partial charge in [0, 0.05) is 32.2 Å². The summed E-state index contributed by atoms with van der Waals surface area (Å²) in [6.45, 7) is 3.22. The van der Waals surface area contributed by atoms with Crippen molar-refractivity contribution in [3.63, 3.8) is 0 Å². The van der Waals surface area contributed by atoms with Crippen LogP contribution in [0.4, 0.5) is 8.78 Å². The highest BCUT2D eigenvalue weighted by Crippen LogP contribution is 2.22. The van der Waals surface area contributed by atoms with Crippen LogP contribution in [-0.4, -0.2) is 61.1 Å². The lowest BCUT2D eigenvalue weighted by Crippen LogP contribution is -2.43. The average molecular weight is 338 g/mol. The minimum Gasteiger partial charge on any atom is -0.375 e. The Hall–Kier alpha value is -1.53. The summed E-state index contributed by atoms with van der Waals surface area (Å²) in [7, 11) is 2.12. The van der Waals surface area contributed by atoms with E-state index in [2.05, 4.69) is 11.9 Å². The lowest BCUT2D eigenvalue weighted by atomic mass is 10.0. The summed E-state index contributed by atoms with van der Waals surface area (Å²) in [4.78, 5) is 16.3. The van der Waals surface area contributed by atoms with Gasteiger partial charge in [0.05, 0.1) is 17.8 Å². The van der Waals surface area contributed by atoms with Crippen molar-refractivity contribution in [3.05, 3.63) is 35.4 Å². The predicted molar refractivity (Wildman–Crippen MR) is 86.9 cm³/mol. The number of likely N-dealkylation sites (tertiary alicyclic amines) is 2. The number of amides is 1. The highest BCUT2D eigenvalue weighted by Gasteiger charge is 2.28. The van der Waals surface area contributed by atoms with E-state index in [1.54, 1.807) is 4.90 Å². The van der Waals surface area contributed by atoms with Crippen LogP contribution in [0, 0.1) is 11.6 Å². The number of benzene rings is 1. The van der Waals surface area contributed by atoms with E-state index in [-0.39, 0.29) is 17.6 Å². The maximum Gasteiger partial charge on any atom is 0.256 e. The molecule has 0 spiro atoms. The van der Waals surface area contributed by atoms with Crippen molar-refractivity contribution in [3.8, 4) is 0 Å². The highest BCUT2D eigenvalue weighted by molar-refractivity contribution is 5.94. The molecule has 132 valence electrons. The van der Waals surface area contributed by atoms with E-state index < -0.39 is 11.6 Å².